The molecule has 11 rings (SSSR count). The maximum absolute atomic E-state index is 6.42. The Morgan fingerprint density at radius 2 is 0.825 bits per heavy atom. The molecule has 0 atom stereocenters. The van der Waals surface area contributed by atoms with Crippen molar-refractivity contribution in [3.8, 4) is 44.5 Å². The van der Waals surface area contributed by atoms with Gasteiger partial charge in [0.15, 0.2) is 0 Å². The number of hydrogen-bond acceptors (Lipinski definition) is 3. The molecule has 0 fully saturated rings. The molecule has 9 aromatic carbocycles. The smallest absolute Gasteiger partial charge is 0.136 e. The van der Waals surface area contributed by atoms with Gasteiger partial charge in [-0.15, -0.1) is 0 Å². The third kappa shape index (κ3) is 5.60. The van der Waals surface area contributed by atoms with Gasteiger partial charge >= 0.3 is 0 Å². The topological polar surface area (TPSA) is 29.5 Å². The lowest BCUT2D eigenvalue weighted by molar-refractivity contribution is 0.668. The molecule has 57 heavy (non-hydrogen) atoms. The van der Waals surface area contributed by atoms with Crippen LogP contribution in [-0.2, 0) is 0 Å². The maximum atomic E-state index is 6.42. The van der Waals surface area contributed by atoms with Crippen molar-refractivity contribution in [3.63, 3.8) is 0 Å². The third-order valence-electron chi connectivity index (χ3n) is 11.1. The average Bonchev–Trinajstić information content (AvgIpc) is 3.86. The first-order valence-corrected chi connectivity index (χ1v) is 19.3. The molecule has 3 heteroatoms. The van der Waals surface area contributed by atoms with E-state index in [2.05, 4.69) is 193 Å². The maximum Gasteiger partial charge on any atom is 0.136 e. The normalized spacial score (nSPS) is 11.5. The zero-order valence-electron chi connectivity index (χ0n) is 31.0. The Morgan fingerprint density at radius 3 is 1.63 bits per heavy atom. The van der Waals surface area contributed by atoms with Crippen LogP contribution >= 0.6 is 0 Å². The van der Waals surface area contributed by atoms with Crippen molar-refractivity contribution in [1.29, 1.82) is 0 Å². The minimum atomic E-state index is 0.870. The molecule has 0 saturated carbocycles. The van der Waals surface area contributed by atoms with Crippen molar-refractivity contribution in [2.75, 3.05) is 4.90 Å². The lowest BCUT2D eigenvalue weighted by Crippen LogP contribution is -2.13. The van der Waals surface area contributed by atoms with E-state index < -0.39 is 0 Å². The SMILES string of the molecule is c1ccc(-c2ccc(N(c3ccccc3-c3ccc4c(c3)oc3ccccc34)c3cccc(-c4cccc5oc6ccccc6c45)c3-c3ccccc3)cc2)cc1. The summed E-state index contributed by atoms with van der Waals surface area (Å²) in [5.41, 5.74) is 15.7. The fraction of sp³-hybridized carbons (Fsp3) is 0. The Bertz CT molecular complexity index is 3230. The molecule has 0 saturated heterocycles. The fourth-order valence-corrected chi connectivity index (χ4v) is 8.51. The van der Waals surface area contributed by atoms with Crippen molar-refractivity contribution in [1.82, 2.24) is 0 Å². The van der Waals surface area contributed by atoms with E-state index in [1.54, 1.807) is 0 Å². The summed E-state index contributed by atoms with van der Waals surface area (Å²) < 4.78 is 12.8. The van der Waals surface area contributed by atoms with E-state index in [-0.39, 0.29) is 0 Å². The van der Waals surface area contributed by atoms with Gasteiger partial charge in [0.2, 0.25) is 0 Å². The molecule has 0 aliphatic rings. The average molecular weight is 730 g/mol. The summed E-state index contributed by atoms with van der Waals surface area (Å²) in [5.74, 6) is 0. The number of rotatable bonds is 7. The van der Waals surface area contributed by atoms with Gasteiger partial charge in [-0.3, -0.25) is 0 Å². The largest absolute Gasteiger partial charge is 0.456 e. The first-order valence-electron chi connectivity index (χ1n) is 19.3. The molecule has 0 spiro atoms. The van der Waals surface area contributed by atoms with Crippen molar-refractivity contribution in [2.24, 2.45) is 0 Å². The van der Waals surface area contributed by atoms with Crippen LogP contribution in [0.4, 0.5) is 17.1 Å². The van der Waals surface area contributed by atoms with Gasteiger partial charge in [-0.2, -0.15) is 0 Å². The van der Waals surface area contributed by atoms with Gasteiger partial charge in [0.05, 0.1) is 11.4 Å². The number of furan rings is 2. The van der Waals surface area contributed by atoms with Gasteiger partial charge < -0.3 is 13.7 Å². The number of hydrogen-bond donors (Lipinski definition) is 0. The highest BCUT2D eigenvalue weighted by Gasteiger charge is 2.25. The molecular formula is C54H35NO2. The zero-order chi connectivity index (χ0) is 37.7. The summed E-state index contributed by atoms with van der Waals surface area (Å²) in [6.45, 7) is 0. The zero-order valence-corrected chi connectivity index (χ0v) is 31.0. The van der Waals surface area contributed by atoms with Crippen LogP contribution in [0.5, 0.6) is 0 Å². The molecule has 2 aromatic heterocycles. The van der Waals surface area contributed by atoms with Crippen LogP contribution in [0.1, 0.15) is 0 Å². The highest BCUT2D eigenvalue weighted by atomic mass is 16.3. The Balaban J connectivity index is 1.18. The number of fused-ring (bicyclic) bond motifs is 6. The summed E-state index contributed by atoms with van der Waals surface area (Å²) in [4.78, 5) is 2.42. The Morgan fingerprint density at radius 1 is 0.298 bits per heavy atom. The minimum absolute atomic E-state index is 0.870. The predicted octanol–water partition coefficient (Wildman–Crippen LogP) is 15.6. The van der Waals surface area contributed by atoms with Gasteiger partial charge in [-0.1, -0.05) is 158 Å². The van der Waals surface area contributed by atoms with Gasteiger partial charge in [0, 0.05) is 38.4 Å². The van der Waals surface area contributed by atoms with Gasteiger partial charge in [0.25, 0.3) is 0 Å². The molecule has 2 heterocycles. The first-order chi connectivity index (χ1) is 28.3. The van der Waals surface area contributed by atoms with Crippen LogP contribution in [-0.4, -0.2) is 0 Å². The molecule has 268 valence electrons. The van der Waals surface area contributed by atoms with Crippen molar-refractivity contribution >= 4 is 60.9 Å². The number of nitrogens with zero attached hydrogens (tertiary/aromatic N) is 1. The molecule has 0 radical (unpaired) electrons. The molecule has 11 aromatic rings. The number of para-hydroxylation sites is 3. The second-order valence-corrected chi connectivity index (χ2v) is 14.4. The molecule has 0 aliphatic carbocycles. The van der Waals surface area contributed by atoms with E-state index in [1.165, 1.54) is 11.1 Å². The van der Waals surface area contributed by atoms with E-state index in [1.807, 2.05) is 24.3 Å². The molecular weight excluding hydrogens is 695 g/mol. The van der Waals surface area contributed by atoms with E-state index in [0.717, 1.165) is 94.3 Å². The lowest BCUT2D eigenvalue weighted by Gasteiger charge is -2.31. The highest BCUT2D eigenvalue weighted by Crippen LogP contribution is 2.50. The van der Waals surface area contributed by atoms with E-state index >= 15 is 0 Å². The summed E-state index contributed by atoms with van der Waals surface area (Å²) in [6.07, 6.45) is 0. The summed E-state index contributed by atoms with van der Waals surface area (Å²) in [5, 5.41) is 4.45. The van der Waals surface area contributed by atoms with Crippen LogP contribution in [0, 0.1) is 0 Å². The minimum Gasteiger partial charge on any atom is -0.456 e. The van der Waals surface area contributed by atoms with Crippen LogP contribution in [0.2, 0.25) is 0 Å². The summed E-state index contributed by atoms with van der Waals surface area (Å²) >= 11 is 0. The lowest BCUT2D eigenvalue weighted by atomic mass is 9.89. The Labute approximate surface area is 330 Å². The first kappa shape index (κ1) is 32.8. The van der Waals surface area contributed by atoms with Crippen LogP contribution in [0.3, 0.4) is 0 Å². The van der Waals surface area contributed by atoms with Crippen LogP contribution in [0.15, 0.2) is 221 Å². The summed E-state index contributed by atoms with van der Waals surface area (Å²) in [7, 11) is 0. The molecule has 3 nitrogen and oxygen atoms in total. The summed E-state index contributed by atoms with van der Waals surface area (Å²) in [6, 6.07) is 75.2. The van der Waals surface area contributed by atoms with E-state index in [9.17, 15) is 0 Å². The second-order valence-electron chi connectivity index (χ2n) is 14.4. The van der Waals surface area contributed by atoms with Crippen LogP contribution in [0.25, 0.3) is 88.4 Å². The molecule has 0 unspecified atom stereocenters. The molecule has 0 aliphatic heterocycles. The van der Waals surface area contributed by atoms with Gasteiger partial charge in [-0.25, -0.2) is 0 Å². The van der Waals surface area contributed by atoms with E-state index in [4.69, 9.17) is 8.83 Å². The van der Waals surface area contributed by atoms with Crippen LogP contribution < -0.4 is 4.90 Å². The molecule has 0 N–H and O–H groups in total. The van der Waals surface area contributed by atoms with Crippen molar-refractivity contribution in [2.45, 2.75) is 0 Å². The van der Waals surface area contributed by atoms with Gasteiger partial charge in [-0.05, 0) is 88.0 Å². The molecule has 0 amide bonds. The highest BCUT2D eigenvalue weighted by molar-refractivity contribution is 6.15. The van der Waals surface area contributed by atoms with E-state index in [0.29, 0.717) is 0 Å². The fourth-order valence-electron chi connectivity index (χ4n) is 8.51. The predicted molar refractivity (Wildman–Crippen MR) is 237 cm³/mol. The number of anilines is 3. The Kier molecular flexibility index (Phi) is 7.82. The monoisotopic (exact) mass is 729 g/mol. The molecule has 0 bridgehead atoms. The quantitative estimate of drug-likeness (QED) is 0.164. The second kappa shape index (κ2) is 13.6. The number of benzene rings is 9. The van der Waals surface area contributed by atoms with Crippen molar-refractivity contribution in [3.05, 3.63) is 212 Å². The Hall–Kier alpha value is -7.62. The van der Waals surface area contributed by atoms with Gasteiger partial charge in [0.1, 0.15) is 22.3 Å². The third-order valence-corrected chi connectivity index (χ3v) is 11.1. The van der Waals surface area contributed by atoms with Crippen molar-refractivity contribution < 1.29 is 8.83 Å². The standard InChI is InChI=1S/C54H35NO2/c1-3-15-36(16-4-1)37-29-32-40(33-30-37)55(47-24-10-7-19-41(47)39-31-34-43-42-20-8-11-26-49(42)57-52(43)35-39)48-25-13-22-44(53(48)38-17-5-2-6-18-38)45-23-14-28-51-54(45)46-21-9-12-27-50(46)56-51/h1-35H.